The molecule has 2 aromatic carbocycles. The predicted octanol–water partition coefficient (Wildman–Crippen LogP) is 4.57. The molecule has 0 atom stereocenters. The van der Waals surface area contributed by atoms with Gasteiger partial charge in [0.1, 0.15) is 12.4 Å². The molecule has 0 aliphatic carbocycles. The van der Waals surface area contributed by atoms with Crippen LogP contribution in [0.3, 0.4) is 0 Å². The summed E-state index contributed by atoms with van der Waals surface area (Å²) in [6, 6.07) is 11.0. The highest BCUT2D eigenvalue weighted by Gasteiger charge is 2.14. The molecule has 0 bridgehead atoms. The van der Waals surface area contributed by atoms with Gasteiger partial charge in [-0.2, -0.15) is 5.10 Å². The van der Waals surface area contributed by atoms with Crippen molar-refractivity contribution in [1.82, 2.24) is 15.1 Å². The Morgan fingerprint density at radius 2 is 2.08 bits per heavy atom. The van der Waals surface area contributed by atoms with E-state index < -0.39 is 0 Å². The normalized spacial score (nSPS) is 13.5. The summed E-state index contributed by atoms with van der Waals surface area (Å²) in [7, 11) is 0. The summed E-state index contributed by atoms with van der Waals surface area (Å²) in [4.78, 5) is 0. The first kappa shape index (κ1) is 18.7. The molecule has 1 aliphatic rings. The average molecular weight is 372 g/mol. The van der Waals surface area contributed by atoms with Gasteiger partial charge in [0.05, 0.1) is 5.52 Å². The number of ether oxygens (including phenoxy) is 1. The molecule has 4 rings (SSSR count). The highest BCUT2D eigenvalue weighted by molar-refractivity contribution is 5.85. The zero-order valence-corrected chi connectivity index (χ0v) is 16.4. The van der Waals surface area contributed by atoms with E-state index in [0.29, 0.717) is 12.6 Å². The van der Waals surface area contributed by atoms with E-state index in [4.69, 9.17) is 4.74 Å². The zero-order chi connectivity index (χ0) is 17.4. The van der Waals surface area contributed by atoms with Gasteiger partial charge in [-0.25, -0.2) is 0 Å². The van der Waals surface area contributed by atoms with Crippen LogP contribution in [0.25, 0.3) is 10.9 Å². The fourth-order valence-corrected chi connectivity index (χ4v) is 3.51. The van der Waals surface area contributed by atoms with E-state index in [2.05, 4.69) is 67.7 Å². The molecule has 0 radical (unpaired) electrons. The molecule has 0 unspecified atom stereocenters. The summed E-state index contributed by atoms with van der Waals surface area (Å²) >= 11 is 0. The Labute approximate surface area is 161 Å². The topological polar surface area (TPSA) is 39.1 Å². The average Bonchev–Trinajstić information content (AvgIpc) is 3.05. The summed E-state index contributed by atoms with van der Waals surface area (Å²) in [6.45, 7) is 9.06. The Morgan fingerprint density at radius 3 is 2.88 bits per heavy atom. The van der Waals surface area contributed by atoms with Crippen molar-refractivity contribution in [3.05, 3.63) is 58.8 Å². The van der Waals surface area contributed by atoms with Gasteiger partial charge >= 0.3 is 0 Å². The molecule has 0 saturated carbocycles. The summed E-state index contributed by atoms with van der Waals surface area (Å²) in [5.41, 5.74) is 6.35. The van der Waals surface area contributed by atoms with Crippen molar-refractivity contribution in [2.75, 3.05) is 6.54 Å². The molecule has 0 saturated heterocycles. The fourth-order valence-electron chi connectivity index (χ4n) is 3.51. The standard InChI is InChI=1S/C21H25N3O.ClH/c1-14(2)24-12-18-10-16(4-6-20(18)23-24)13-25-21-7-5-17-11-22-9-8-19(17)15(21)3;/h4-7,10,12,14,22H,8-9,11,13H2,1-3H3;1H. The third-order valence-electron chi connectivity index (χ3n) is 5.02. The molecule has 26 heavy (non-hydrogen) atoms. The molecule has 5 heteroatoms. The maximum Gasteiger partial charge on any atom is 0.123 e. The van der Waals surface area contributed by atoms with Crippen molar-refractivity contribution in [2.24, 2.45) is 0 Å². The van der Waals surface area contributed by atoms with E-state index in [0.717, 1.165) is 30.8 Å². The minimum atomic E-state index is 0. The van der Waals surface area contributed by atoms with Crippen LogP contribution in [0.5, 0.6) is 5.75 Å². The van der Waals surface area contributed by atoms with Gasteiger partial charge in [-0.05, 0) is 74.2 Å². The van der Waals surface area contributed by atoms with Crippen molar-refractivity contribution in [3.8, 4) is 5.75 Å². The zero-order valence-electron chi connectivity index (χ0n) is 15.6. The fraction of sp³-hybridized carbons (Fsp3) is 0.381. The number of aromatic nitrogens is 2. The first-order chi connectivity index (χ1) is 12.1. The van der Waals surface area contributed by atoms with E-state index in [1.165, 1.54) is 27.6 Å². The van der Waals surface area contributed by atoms with Gasteiger partial charge in [0.15, 0.2) is 0 Å². The van der Waals surface area contributed by atoms with E-state index in [1.807, 2.05) is 4.68 Å². The quantitative estimate of drug-likeness (QED) is 0.730. The predicted molar refractivity (Wildman–Crippen MR) is 108 cm³/mol. The maximum absolute atomic E-state index is 6.14. The second kappa shape index (κ2) is 7.68. The molecular formula is C21H26ClN3O. The second-order valence-corrected chi connectivity index (χ2v) is 7.14. The summed E-state index contributed by atoms with van der Waals surface area (Å²) in [6.07, 6.45) is 3.19. The van der Waals surface area contributed by atoms with Crippen molar-refractivity contribution < 1.29 is 4.74 Å². The Kier molecular flexibility index (Phi) is 5.54. The molecule has 0 fully saturated rings. The van der Waals surface area contributed by atoms with Gasteiger partial charge in [-0.15, -0.1) is 12.4 Å². The van der Waals surface area contributed by atoms with Crippen LogP contribution >= 0.6 is 12.4 Å². The first-order valence-electron chi connectivity index (χ1n) is 9.04. The Bertz CT molecular complexity index is 917. The lowest BCUT2D eigenvalue weighted by atomic mass is 9.95. The van der Waals surface area contributed by atoms with Gasteiger partial charge < -0.3 is 10.1 Å². The summed E-state index contributed by atoms with van der Waals surface area (Å²) < 4.78 is 8.16. The molecule has 1 aromatic heterocycles. The number of fused-ring (bicyclic) bond motifs is 2. The molecule has 0 spiro atoms. The SMILES string of the molecule is Cc1c(OCc2ccc3nn(C(C)C)cc3c2)ccc2c1CCNC2.Cl. The minimum Gasteiger partial charge on any atom is -0.489 e. The minimum absolute atomic E-state index is 0. The molecule has 138 valence electrons. The third kappa shape index (κ3) is 3.57. The molecule has 1 aliphatic heterocycles. The van der Waals surface area contributed by atoms with Gasteiger partial charge in [-0.1, -0.05) is 12.1 Å². The number of nitrogens with zero attached hydrogens (tertiary/aromatic N) is 2. The molecular weight excluding hydrogens is 346 g/mol. The third-order valence-corrected chi connectivity index (χ3v) is 5.02. The van der Waals surface area contributed by atoms with Crippen molar-refractivity contribution in [2.45, 2.75) is 46.4 Å². The van der Waals surface area contributed by atoms with Gasteiger partial charge in [0.25, 0.3) is 0 Å². The van der Waals surface area contributed by atoms with Crippen LogP contribution in [-0.4, -0.2) is 16.3 Å². The lowest BCUT2D eigenvalue weighted by molar-refractivity contribution is 0.303. The molecule has 1 N–H and O–H groups in total. The highest BCUT2D eigenvalue weighted by atomic mass is 35.5. The Hall–Kier alpha value is -2.04. The lowest BCUT2D eigenvalue weighted by Crippen LogP contribution is -2.24. The highest BCUT2D eigenvalue weighted by Crippen LogP contribution is 2.28. The van der Waals surface area contributed by atoms with Gasteiger partial charge in [-0.3, -0.25) is 4.68 Å². The number of rotatable bonds is 4. The van der Waals surface area contributed by atoms with Crippen LogP contribution in [0, 0.1) is 6.92 Å². The van der Waals surface area contributed by atoms with Gasteiger partial charge in [0, 0.05) is 24.2 Å². The van der Waals surface area contributed by atoms with Gasteiger partial charge in [0.2, 0.25) is 0 Å². The molecule has 0 amide bonds. The maximum atomic E-state index is 6.14. The number of benzene rings is 2. The van der Waals surface area contributed by atoms with E-state index in [9.17, 15) is 0 Å². The van der Waals surface area contributed by atoms with E-state index in [1.54, 1.807) is 0 Å². The number of hydrogen-bond donors (Lipinski definition) is 1. The molecule has 3 aromatic rings. The summed E-state index contributed by atoms with van der Waals surface area (Å²) in [5, 5.41) is 9.20. The lowest BCUT2D eigenvalue weighted by Gasteiger charge is -2.21. The van der Waals surface area contributed by atoms with E-state index in [-0.39, 0.29) is 12.4 Å². The van der Waals surface area contributed by atoms with Crippen LogP contribution in [0.4, 0.5) is 0 Å². The van der Waals surface area contributed by atoms with Crippen LogP contribution < -0.4 is 10.1 Å². The Balaban J connectivity index is 0.00000196. The van der Waals surface area contributed by atoms with Crippen LogP contribution in [0.2, 0.25) is 0 Å². The van der Waals surface area contributed by atoms with Crippen molar-refractivity contribution >= 4 is 23.3 Å². The smallest absolute Gasteiger partial charge is 0.123 e. The number of nitrogens with one attached hydrogen (secondary N) is 1. The molecule has 4 nitrogen and oxygen atoms in total. The van der Waals surface area contributed by atoms with Crippen LogP contribution in [-0.2, 0) is 19.6 Å². The van der Waals surface area contributed by atoms with Crippen LogP contribution in [0.15, 0.2) is 36.5 Å². The van der Waals surface area contributed by atoms with E-state index >= 15 is 0 Å². The van der Waals surface area contributed by atoms with Crippen molar-refractivity contribution in [1.29, 1.82) is 0 Å². The largest absolute Gasteiger partial charge is 0.489 e. The number of hydrogen-bond acceptors (Lipinski definition) is 3. The van der Waals surface area contributed by atoms with Crippen LogP contribution in [0.1, 0.15) is 42.1 Å². The Morgan fingerprint density at radius 1 is 1.23 bits per heavy atom. The van der Waals surface area contributed by atoms with Crippen molar-refractivity contribution in [3.63, 3.8) is 0 Å². The monoisotopic (exact) mass is 371 g/mol. The summed E-state index contributed by atoms with van der Waals surface area (Å²) in [5.74, 6) is 0.999. The molecule has 2 heterocycles. The number of halogens is 1. The first-order valence-corrected chi connectivity index (χ1v) is 9.04. The second-order valence-electron chi connectivity index (χ2n) is 7.14.